The number of aromatic nitrogens is 2. The van der Waals surface area contributed by atoms with Gasteiger partial charge in [0.25, 0.3) is 0 Å². The van der Waals surface area contributed by atoms with Gasteiger partial charge in [-0.05, 0) is 42.7 Å². The maximum Gasteiger partial charge on any atom is 0.233 e. The number of unbranched alkanes of at least 4 members (excludes halogenated alkanes) is 1. The SMILES string of the molecule is CCCCOc1ccc(-c2ccc(CCC3CCC(C)CC3)cc2)nn1. The normalized spacial score (nSPS) is 20.1. The van der Waals surface area contributed by atoms with E-state index in [1.54, 1.807) is 0 Å². The third kappa shape index (κ3) is 5.55. The van der Waals surface area contributed by atoms with E-state index in [4.69, 9.17) is 4.74 Å². The van der Waals surface area contributed by atoms with Crippen molar-refractivity contribution in [2.24, 2.45) is 11.8 Å². The molecule has 1 aliphatic rings. The zero-order chi connectivity index (χ0) is 18.2. The first kappa shape index (κ1) is 18.9. The average Bonchev–Trinajstić information content (AvgIpc) is 2.69. The average molecular weight is 353 g/mol. The van der Waals surface area contributed by atoms with E-state index >= 15 is 0 Å². The molecule has 26 heavy (non-hydrogen) atoms. The quantitative estimate of drug-likeness (QED) is 0.540. The van der Waals surface area contributed by atoms with Crippen LogP contribution in [0.1, 0.15) is 64.4 Å². The fraction of sp³-hybridized carbons (Fsp3) is 0.565. The Morgan fingerprint density at radius 1 is 0.962 bits per heavy atom. The van der Waals surface area contributed by atoms with Crippen molar-refractivity contribution >= 4 is 0 Å². The fourth-order valence-corrected chi connectivity index (χ4v) is 3.70. The Bertz CT molecular complexity index is 643. The molecule has 0 atom stereocenters. The van der Waals surface area contributed by atoms with Gasteiger partial charge in [-0.1, -0.05) is 70.2 Å². The van der Waals surface area contributed by atoms with Crippen molar-refractivity contribution in [3.63, 3.8) is 0 Å². The number of rotatable bonds is 8. The highest BCUT2D eigenvalue weighted by Crippen LogP contribution is 2.31. The highest BCUT2D eigenvalue weighted by atomic mass is 16.5. The molecule has 1 heterocycles. The third-order valence-corrected chi connectivity index (χ3v) is 5.61. The van der Waals surface area contributed by atoms with Crippen LogP contribution in [-0.2, 0) is 6.42 Å². The van der Waals surface area contributed by atoms with Crippen molar-refractivity contribution in [1.29, 1.82) is 0 Å². The van der Waals surface area contributed by atoms with Crippen LogP contribution in [-0.4, -0.2) is 16.8 Å². The molecular weight excluding hydrogens is 320 g/mol. The smallest absolute Gasteiger partial charge is 0.233 e. The van der Waals surface area contributed by atoms with Crippen LogP contribution in [0, 0.1) is 11.8 Å². The van der Waals surface area contributed by atoms with E-state index in [1.165, 1.54) is 44.1 Å². The van der Waals surface area contributed by atoms with Gasteiger partial charge in [0.1, 0.15) is 0 Å². The molecule has 0 bridgehead atoms. The zero-order valence-electron chi connectivity index (χ0n) is 16.3. The second-order valence-electron chi connectivity index (χ2n) is 7.82. The first-order valence-corrected chi connectivity index (χ1v) is 10.3. The highest BCUT2D eigenvalue weighted by molar-refractivity contribution is 5.59. The maximum atomic E-state index is 5.58. The molecule has 0 saturated heterocycles. The number of benzene rings is 1. The van der Waals surface area contributed by atoms with Crippen LogP contribution in [0.4, 0.5) is 0 Å². The monoisotopic (exact) mass is 352 g/mol. The van der Waals surface area contributed by atoms with Crippen LogP contribution in [0.5, 0.6) is 5.88 Å². The number of ether oxygens (including phenoxy) is 1. The summed E-state index contributed by atoms with van der Waals surface area (Å²) in [5, 5.41) is 8.49. The van der Waals surface area contributed by atoms with Gasteiger partial charge in [0.15, 0.2) is 0 Å². The standard InChI is InChI=1S/C23H32N2O/c1-3-4-17-26-23-16-15-22(24-25-23)21-13-11-20(12-14-21)10-9-19-7-5-18(2)6-8-19/h11-16,18-19H,3-10,17H2,1-2H3. The van der Waals surface area contributed by atoms with E-state index in [0.717, 1.165) is 35.9 Å². The Labute approximate surface area is 158 Å². The molecule has 1 aromatic carbocycles. The molecule has 1 aromatic heterocycles. The molecule has 0 unspecified atom stereocenters. The molecule has 0 aliphatic heterocycles. The molecule has 1 fully saturated rings. The first-order valence-electron chi connectivity index (χ1n) is 10.3. The first-order chi connectivity index (χ1) is 12.7. The van der Waals surface area contributed by atoms with Gasteiger partial charge in [-0.25, -0.2) is 0 Å². The van der Waals surface area contributed by atoms with E-state index in [0.29, 0.717) is 12.5 Å². The molecule has 1 saturated carbocycles. The molecule has 0 spiro atoms. The predicted molar refractivity (Wildman–Crippen MR) is 107 cm³/mol. The van der Waals surface area contributed by atoms with Crippen molar-refractivity contribution in [2.75, 3.05) is 6.61 Å². The highest BCUT2D eigenvalue weighted by Gasteiger charge is 2.17. The van der Waals surface area contributed by atoms with Gasteiger partial charge < -0.3 is 4.74 Å². The maximum absolute atomic E-state index is 5.58. The second-order valence-corrected chi connectivity index (χ2v) is 7.82. The number of hydrogen-bond acceptors (Lipinski definition) is 3. The van der Waals surface area contributed by atoms with Gasteiger partial charge in [0, 0.05) is 11.6 Å². The Morgan fingerprint density at radius 3 is 2.38 bits per heavy atom. The summed E-state index contributed by atoms with van der Waals surface area (Å²) in [6, 6.07) is 12.7. The van der Waals surface area contributed by atoms with Crippen LogP contribution in [0.15, 0.2) is 36.4 Å². The van der Waals surface area contributed by atoms with Gasteiger partial charge in [-0.2, -0.15) is 0 Å². The minimum Gasteiger partial charge on any atom is -0.477 e. The summed E-state index contributed by atoms with van der Waals surface area (Å²) >= 11 is 0. The molecule has 0 amide bonds. The molecular formula is C23H32N2O. The third-order valence-electron chi connectivity index (χ3n) is 5.61. The van der Waals surface area contributed by atoms with Crippen molar-refractivity contribution in [3.8, 4) is 17.1 Å². The number of hydrogen-bond donors (Lipinski definition) is 0. The molecule has 2 aromatic rings. The van der Waals surface area contributed by atoms with Gasteiger partial charge in [0.05, 0.1) is 12.3 Å². The lowest BCUT2D eigenvalue weighted by molar-refractivity contribution is 0.278. The van der Waals surface area contributed by atoms with Crippen LogP contribution in [0.3, 0.4) is 0 Å². The lowest BCUT2D eigenvalue weighted by Crippen LogP contribution is -2.12. The minimum absolute atomic E-state index is 0.612. The van der Waals surface area contributed by atoms with Crippen LogP contribution in [0.25, 0.3) is 11.3 Å². The molecule has 3 heteroatoms. The largest absolute Gasteiger partial charge is 0.477 e. The number of aryl methyl sites for hydroxylation is 1. The second kappa shape index (κ2) is 9.70. The predicted octanol–water partition coefficient (Wildman–Crippen LogP) is 6.08. The minimum atomic E-state index is 0.612. The van der Waals surface area contributed by atoms with Crippen molar-refractivity contribution in [3.05, 3.63) is 42.0 Å². The molecule has 3 nitrogen and oxygen atoms in total. The Morgan fingerprint density at radius 2 is 1.73 bits per heavy atom. The Kier molecular flexibility index (Phi) is 7.04. The summed E-state index contributed by atoms with van der Waals surface area (Å²) in [7, 11) is 0. The lowest BCUT2D eigenvalue weighted by atomic mass is 9.80. The summed E-state index contributed by atoms with van der Waals surface area (Å²) in [5.74, 6) is 2.48. The van der Waals surface area contributed by atoms with E-state index in [1.807, 2.05) is 12.1 Å². The van der Waals surface area contributed by atoms with Gasteiger partial charge in [-0.15, -0.1) is 10.2 Å². The van der Waals surface area contributed by atoms with E-state index < -0.39 is 0 Å². The Balaban J connectivity index is 1.50. The molecule has 3 rings (SSSR count). The summed E-state index contributed by atoms with van der Waals surface area (Å²) in [4.78, 5) is 0. The van der Waals surface area contributed by atoms with E-state index in [9.17, 15) is 0 Å². The zero-order valence-corrected chi connectivity index (χ0v) is 16.3. The molecule has 0 radical (unpaired) electrons. The Hall–Kier alpha value is -1.90. The van der Waals surface area contributed by atoms with Crippen molar-refractivity contribution in [1.82, 2.24) is 10.2 Å². The van der Waals surface area contributed by atoms with E-state index in [-0.39, 0.29) is 0 Å². The van der Waals surface area contributed by atoms with Crippen LogP contribution in [0.2, 0.25) is 0 Å². The summed E-state index contributed by atoms with van der Waals surface area (Å²) in [6.07, 6.45) is 10.4. The van der Waals surface area contributed by atoms with Crippen molar-refractivity contribution < 1.29 is 4.74 Å². The van der Waals surface area contributed by atoms with Crippen LogP contribution < -0.4 is 4.74 Å². The topological polar surface area (TPSA) is 35.0 Å². The number of nitrogens with zero attached hydrogens (tertiary/aromatic N) is 2. The van der Waals surface area contributed by atoms with Gasteiger partial charge >= 0.3 is 0 Å². The van der Waals surface area contributed by atoms with Gasteiger partial charge in [-0.3, -0.25) is 0 Å². The molecule has 1 aliphatic carbocycles. The lowest BCUT2D eigenvalue weighted by Gasteiger charge is -2.26. The van der Waals surface area contributed by atoms with Crippen molar-refractivity contribution in [2.45, 2.75) is 65.2 Å². The fourth-order valence-electron chi connectivity index (χ4n) is 3.70. The summed E-state index contributed by atoms with van der Waals surface area (Å²) < 4.78 is 5.58. The molecule has 140 valence electrons. The van der Waals surface area contributed by atoms with Crippen LogP contribution >= 0.6 is 0 Å². The van der Waals surface area contributed by atoms with E-state index in [2.05, 4.69) is 48.3 Å². The van der Waals surface area contributed by atoms with Gasteiger partial charge in [0.2, 0.25) is 5.88 Å². The summed E-state index contributed by atoms with van der Waals surface area (Å²) in [5.41, 5.74) is 3.45. The summed E-state index contributed by atoms with van der Waals surface area (Å²) in [6.45, 7) is 5.25. The molecule has 0 N–H and O–H groups in total.